The molecule has 0 bridgehead atoms. The Morgan fingerprint density at radius 1 is 1.50 bits per heavy atom. The molecule has 6 nitrogen and oxygen atoms in total. The second-order valence-corrected chi connectivity index (χ2v) is 3.06. The molecule has 2 rings (SSSR count). The van der Waals surface area contributed by atoms with E-state index in [4.69, 9.17) is 0 Å². The number of H-pyrrole nitrogens is 1. The van der Waals surface area contributed by atoms with Gasteiger partial charge in [0.2, 0.25) is 0 Å². The van der Waals surface area contributed by atoms with Gasteiger partial charge in [-0.1, -0.05) is 0 Å². The summed E-state index contributed by atoms with van der Waals surface area (Å²) in [6.45, 7) is 0. The highest BCUT2D eigenvalue weighted by atomic mass is 15.3. The van der Waals surface area contributed by atoms with Crippen molar-refractivity contribution in [1.82, 2.24) is 30.5 Å². The summed E-state index contributed by atoms with van der Waals surface area (Å²) in [5, 5.41) is 17.7. The van der Waals surface area contributed by atoms with Crippen molar-refractivity contribution in [1.29, 1.82) is 0 Å². The van der Waals surface area contributed by atoms with E-state index in [-0.39, 0.29) is 6.04 Å². The van der Waals surface area contributed by atoms with E-state index < -0.39 is 0 Å². The van der Waals surface area contributed by atoms with Crippen LogP contribution in [0.25, 0.3) is 0 Å². The van der Waals surface area contributed by atoms with Crippen LogP contribution in [0.4, 0.5) is 0 Å². The topological polar surface area (TPSA) is 71.4 Å². The van der Waals surface area contributed by atoms with Gasteiger partial charge in [-0.3, -0.25) is 4.68 Å². The van der Waals surface area contributed by atoms with Crippen molar-refractivity contribution < 1.29 is 0 Å². The van der Waals surface area contributed by atoms with Gasteiger partial charge in [0.25, 0.3) is 0 Å². The van der Waals surface area contributed by atoms with E-state index in [0.29, 0.717) is 0 Å². The maximum Gasteiger partial charge on any atom is 0.104 e. The molecule has 0 aliphatic rings. The smallest absolute Gasteiger partial charge is 0.104 e. The molecule has 2 aromatic heterocycles. The second-order valence-electron chi connectivity index (χ2n) is 3.06. The lowest BCUT2D eigenvalue weighted by Gasteiger charge is -2.09. The van der Waals surface area contributed by atoms with Crippen LogP contribution in [0.5, 0.6) is 0 Å². The van der Waals surface area contributed by atoms with E-state index in [1.165, 1.54) is 0 Å². The average molecular weight is 192 g/mol. The molecule has 6 heteroatoms. The third-order valence-corrected chi connectivity index (χ3v) is 2.08. The predicted molar refractivity (Wildman–Crippen MR) is 50.5 cm³/mol. The van der Waals surface area contributed by atoms with Crippen LogP contribution >= 0.6 is 0 Å². The largest absolute Gasteiger partial charge is 0.308 e. The Morgan fingerprint density at radius 2 is 2.36 bits per heavy atom. The highest BCUT2D eigenvalue weighted by Crippen LogP contribution is 2.17. The Hall–Kier alpha value is -1.69. The standard InChI is InChI=1S/C8H12N6/c1-9-8(7-4-10-13-12-7)6-3-11-14(2)5-6/h3-5,8-9H,1-2H3,(H,10,12,13). The number of hydrogen-bond donors (Lipinski definition) is 2. The first-order valence-electron chi connectivity index (χ1n) is 4.32. The molecule has 2 aromatic rings. The fourth-order valence-electron chi connectivity index (χ4n) is 1.42. The Bertz CT molecular complexity index is 390. The number of rotatable bonds is 3. The van der Waals surface area contributed by atoms with Gasteiger partial charge in [-0.05, 0) is 7.05 Å². The quantitative estimate of drug-likeness (QED) is 0.709. The number of nitrogens with zero attached hydrogens (tertiary/aromatic N) is 4. The summed E-state index contributed by atoms with van der Waals surface area (Å²) in [6, 6.07) is 0.0439. The average Bonchev–Trinajstić information content (AvgIpc) is 2.79. The van der Waals surface area contributed by atoms with Gasteiger partial charge >= 0.3 is 0 Å². The molecule has 0 saturated carbocycles. The minimum atomic E-state index is 0.0439. The van der Waals surface area contributed by atoms with Gasteiger partial charge in [-0.2, -0.15) is 20.5 Å². The molecule has 0 aromatic carbocycles. The van der Waals surface area contributed by atoms with Gasteiger partial charge < -0.3 is 5.32 Å². The molecule has 0 amide bonds. The second kappa shape index (κ2) is 3.59. The van der Waals surface area contributed by atoms with Gasteiger partial charge in [0.05, 0.1) is 18.4 Å². The highest BCUT2D eigenvalue weighted by molar-refractivity contribution is 5.20. The molecule has 1 unspecified atom stereocenters. The van der Waals surface area contributed by atoms with Gasteiger partial charge in [0.1, 0.15) is 5.69 Å². The molecule has 14 heavy (non-hydrogen) atoms. The fourth-order valence-corrected chi connectivity index (χ4v) is 1.42. The minimum Gasteiger partial charge on any atom is -0.308 e. The minimum absolute atomic E-state index is 0.0439. The van der Waals surface area contributed by atoms with E-state index in [9.17, 15) is 0 Å². The summed E-state index contributed by atoms with van der Waals surface area (Å²) in [7, 11) is 3.77. The zero-order valence-corrected chi connectivity index (χ0v) is 8.10. The summed E-state index contributed by atoms with van der Waals surface area (Å²) in [4.78, 5) is 0. The molecule has 0 aliphatic carbocycles. The zero-order chi connectivity index (χ0) is 9.97. The third-order valence-electron chi connectivity index (χ3n) is 2.08. The zero-order valence-electron chi connectivity index (χ0n) is 8.10. The number of hydrogen-bond acceptors (Lipinski definition) is 4. The van der Waals surface area contributed by atoms with Crippen molar-refractivity contribution in [2.24, 2.45) is 7.05 Å². The van der Waals surface area contributed by atoms with Gasteiger partial charge in [-0.15, -0.1) is 0 Å². The first kappa shape index (κ1) is 8.89. The summed E-state index contributed by atoms with van der Waals surface area (Å²) in [5.41, 5.74) is 1.93. The molecular weight excluding hydrogens is 180 g/mol. The van der Waals surface area contributed by atoms with Crippen molar-refractivity contribution in [2.75, 3.05) is 7.05 Å². The molecule has 74 valence electrons. The van der Waals surface area contributed by atoms with Crippen LogP contribution in [0.1, 0.15) is 17.3 Å². The molecule has 2 N–H and O–H groups in total. The Labute approximate surface area is 81.3 Å². The van der Waals surface area contributed by atoms with Crippen molar-refractivity contribution in [3.63, 3.8) is 0 Å². The van der Waals surface area contributed by atoms with Crippen LogP contribution in [0.2, 0.25) is 0 Å². The van der Waals surface area contributed by atoms with Crippen molar-refractivity contribution in [3.05, 3.63) is 29.8 Å². The van der Waals surface area contributed by atoms with Crippen molar-refractivity contribution >= 4 is 0 Å². The molecule has 0 radical (unpaired) electrons. The Balaban J connectivity index is 2.31. The number of nitrogens with one attached hydrogen (secondary N) is 2. The van der Waals surface area contributed by atoms with Crippen LogP contribution in [0.3, 0.4) is 0 Å². The molecule has 0 fully saturated rings. The van der Waals surface area contributed by atoms with E-state index >= 15 is 0 Å². The maximum absolute atomic E-state index is 4.11. The van der Waals surface area contributed by atoms with E-state index in [0.717, 1.165) is 11.3 Å². The molecule has 0 aliphatic heterocycles. The summed E-state index contributed by atoms with van der Waals surface area (Å²) >= 11 is 0. The van der Waals surface area contributed by atoms with Crippen LogP contribution in [0, 0.1) is 0 Å². The van der Waals surface area contributed by atoms with Gasteiger partial charge in [0, 0.05) is 18.8 Å². The highest BCUT2D eigenvalue weighted by Gasteiger charge is 2.15. The van der Waals surface area contributed by atoms with Crippen LogP contribution in [-0.4, -0.2) is 32.2 Å². The van der Waals surface area contributed by atoms with E-state index in [1.807, 2.05) is 26.5 Å². The number of aromatic amines is 1. The Kier molecular flexibility index (Phi) is 2.28. The Morgan fingerprint density at radius 3 is 2.86 bits per heavy atom. The first-order valence-corrected chi connectivity index (χ1v) is 4.32. The lowest BCUT2D eigenvalue weighted by molar-refractivity contribution is 0.665. The summed E-state index contributed by atoms with van der Waals surface area (Å²) in [5.74, 6) is 0. The van der Waals surface area contributed by atoms with Crippen LogP contribution in [-0.2, 0) is 7.05 Å². The summed E-state index contributed by atoms with van der Waals surface area (Å²) in [6.07, 6.45) is 5.47. The number of aromatic nitrogens is 5. The van der Waals surface area contributed by atoms with E-state index in [1.54, 1.807) is 10.9 Å². The predicted octanol–water partition coefficient (Wildman–Crippen LogP) is -0.153. The number of aryl methyl sites for hydroxylation is 1. The van der Waals surface area contributed by atoms with Crippen LogP contribution < -0.4 is 5.32 Å². The molecule has 2 heterocycles. The molecule has 0 saturated heterocycles. The molecular formula is C8H12N6. The molecule has 0 spiro atoms. The van der Waals surface area contributed by atoms with Crippen LogP contribution in [0.15, 0.2) is 18.6 Å². The lowest BCUT2D eigenvalue weighted by atomic mass is 10.1. The van der Waals surface area contributed by atoms with Crippen molar-refractivity contribution in [3.8, 4) is 0 Å². The lowest BCUT2D eigenvalue weighted by Crippen LogP contribution is -2.17. The van der Waals surface area contributed by atoms with E-state index in [2.05, 4.69) is 25.8 Å². The normalized spacial score (nSPS) is 13.0. The maximum atomic E-state index is 4.11. The summed E-state index contributed by atoms with van der Waals surface area (Å²) < 4.78 is 1.76. The van der Waals surface area contributed by atoms with Gasteiger partial charge in [0.15, 0.2) is 0 Å². The fraction of sp³-hybridized carbons (Fsp3) is 0.375. The molecule has 1 atom stereocenters. The monoisotopic (exact) mass is 192 g/mol. The van der Waals surface area contributed by atoms with Crippen molar-refractivity contribution in [2.45, 2.75) is 6.04 Å². The van der Waals surface area contributed by atoms with Gasteiger partial charge in [-0.25, -0.2) is 0 Å². The third kappa shape index (κ3) is 1.51. The SMILES string of the molecule is CNC(c1cnn(C)c1)c1cn[nH]n1. The first-order chi connectivity index (χ1) is 6.81.